The van der Waals surface area contributed by atoms with Crippen LogP contribution in [0.5, 0.6) is 0 Å². The topological polar surface area (TPSA) is 41.5 Å². The first-order valence-electron chi connectivity index (χ1n) is 8.94. The molecule has 0 spiro atoms. The highest BCUT2D eigenvalue weighted by atomic mass is 16.8. The molecule has 5 atom stereocenters. The molecule has 0 unspecified atom stereocenters. The molecule has 4 rings (SSSR count). The molecular formula is C21H25NO3. The van der Waals surface area contributed by atoms with E-state index in [9.17, 15) is 5.21 Å². The second-order valence-electron chi connectivity index (χ2n) is 7.66. The van der Waals surface area contributed by atoms with E-state index in [1.807, 2.05) is 81.4 Å². The number of ether oxygens (including phenoxy) is 2. The van der Waals surface area contributed by atoms with Crippen molar-refractivity contribution in [3.05, 3.63) is 77.0 Å². The van der Waals surface area contributed by atoms with Crippen molar-refractivity contribution in [2.45, 2.75) is 57.4 Å². The zero-order valence-electron chi connectivity index (χ0n) is 15.0. The Kier molecular flexibility index (Phi) is 3.96. The van der Waals surface area contributed by atoms with Gasteiger partial charge in [0.1, 0.15) is 30.8 Å². The second kappa shape index (κ2) is 5.92. The lowest BCUT2D eigenvalue weighted by Crippen LogP contribution is -2.50. The average molecular weight is 339 g/mol. The third kappa shape index (κ3) is 2.79. The lowest BCUT2D eigenvalue weighted by molar-refractivity contribution is -0.936. The third-order valence-electron chi connectivity index (χ3n) is 5.52. The fourth-order valence-electron chi connectivity index (χ4n) is 4.39. The van der Waals surface area contributed by atoms with Crippen molar-refractivity contribution in [3.8, 4) is 0 Å². The van der Waals surface area contributed by atoms with E-state index in [1.165, 1.54) is 0 Å². The lowest BCUT2D eigenvalue weighted by Gasteiger charge is -2.49. The monoisotopic (exact) mass is 339 g/mol. The number of benzene rings is 2. The molecule has 0 bridgehead atoms. The van der Waals surface area contributed by atoms with Crippen LogP contribution in [0, 0.1) is 5.21 Å². The number of rotatable bonds is 3. The molecule has 2 aromatic carbocycles. The van der Waals surface area contributed by atoms with Crippen LogP contribution in [0.4, 0.5) is 0 Å². The molecular weight excluding hydrogens is 314 g/mol. The molecule has 2 saturated heterocycles. The van der Waals surface area contributed by atoms with E-state index in [2.05, 4.69) is 0 Å². The van der Waals surface area contributed by atoms with Crippen molar-refractivity contribution < 1.29 is 14.1 Å². The molecule has 4 heteroatoms. The molecule has 2 aliphatic heterocycles. The van der Waals surface area contributed by atoms with Crippen LogP contribution in [0.2, 0.25) is 0 Å². The summed E-state index contributed by atoms with van der Waals surface area (Å²) in [6.07, 6.45) is -0.421. The van der Waals surface area contributed by atoms with Crippen LogP contribution >= 0.6 is 0 Å². The molecule has 0 saturated carbocycles. The van der Waals surface area contributed by atoms with E-state index in [0.29, 0.717) is 6.54 Å². The highest BCUT2D eigenvalue weighted by Gasteiger charge is 2.62. The first-order chi connectivity index (χ1) is 11.9. The molecule has 25 heavy (non-hydrogen) atoms. The van der Waals surface area contributed by atoms with E-state index in [1.54, 1.807) is 0 Å². The minimum absolute atomic E-state index is 0.193. The van der Waals surface area contributed by atoms with E-state index in [0.717, 1.165) is 11.1 Å². The van der Waals surface area contributed by atoms with Gasteiger partial charge in [-0.3, -0.25) is 0 Å². The normalized spacial score (nSPS) is 36.3. The average Bonchev–Trinajstić information content (AvgIpc) is 2.99. The number of likely N-dealkylation sites (tertiary alicyclic amines) is 1. The number of hydroxylamine groups is 3. The van der Waals surface area contributed by atoms with E-state index < -0.39 is 5.79 Å². The van der Waals surface area contributed by atoms with E-state index >= 15 is 0 Å². The van der Waals surface area contributed by atoms with Crippen molar-refractivity contribution in [1.29, 1.82) is 0 Å². The van der Waals surface area contributed by atoms with Gasteiger partial charge in [-0.15, -0.1) is 0 Å². The number of nitrogens with zero attached hydrogens (tertiary/aromatic N) is 1. The predicted octanol–water partition coefficient (Wildman–Crippen LogP) is 4.16. The maximum Gasteiger partial charge on any atom is 0.164 e. The van der Waals surface area contributed by atoms with Crippen molar-refractivity contribution in [2.24, 2.45) is 0 Å². The Balaban J connectivity index is 1.76. The summed E-state index contributed by atoms with van der Waals surface area (Å²) in [6.45, 7) is 6.27. The van der Waals surface area contributed by atoms with Gasteiger partial charge in [0, 0.05) is 11.1 Å². The minimum Gasteiger partial charge on any atom is -0.632 e. The Morgan fingerprint density at radius 3 is 2.12 bits per heavy atom. The molecule has 2 fully saturated rings. The smallest absolute Gasteiger partial charge is 0.164 e. The van der Waals surface area contributed by atoms with Crippen molar-refractivity contribution in [3.63, 3.8) is 0 Å². The van der Waals surface area contributed by atoms with Crippen LogP contribution in [0.1, 0.15) is 37.9 Å². The maximum absolute atomic E-state index is 14.1. The van der Waals surface area contributed by atoms with Gasteiger partial charge in [-0.05, 0) is 20.8 Å². The summed E-state index contributed by atoms with van der Waals surface area (Å²) >= 11 is 0. The van der Waals surface area contributed by atoms with E-state index in [4.69, 9.17) is 9.47 Å². The number of hydrogen-bond acceptors (Lipinski definition) is 3. The van der Waals surface area contributed by atoms with Crippen molar-refractivity contribution in [2.75, 3.05) is 0 Å². The van der Waals surface area contributed by atoms with Gasteiger partial charge in [0.05, 0.1) is 0 Å². The molecule has 2 aromatic rings. The molecule has 2 heterocycles. The van der Waals surface area contributed by atoms with Gasteiger partial charge in [-0.1, -0.05) is 60.7 Å². The molecule has 2 aliphatic rings. The van der Waals surface area contributed by atoms with Crippen molar-refractivity contribution >= 4 is 0 Å². The Morgan fingerprint density at radius 2 is 1.48 bits per heavy atom. The van der Waals surface area contributed by atoms with Gasteiger partial charge in [-0.2, -0.15) is 0 Å². The molecule has 0 aromatic heterocycles. The number of fused-ring (bicyclic) bond motifs is 1. The van der Waals surface area contributed by atoms with Gasteiger partial charge in [-0.25, -0.2) is 0 Å². The fourth-order valence-corrected chi connectivity index (χ4v) is 4.39. The molecule has 132 valence electrons. The molecule has 0 aliphatic carbocycles. The summed E-state index contributed by atoms with van der Waals surface area (Å²) < 4.78 is 12.0. The molecule has 4 nitrogen and oxygen atoms in total. The summed E-state index contributed by atoms with van der Waals surface area (Å²) in [5.41, 5.74) is 2.07. The van der Waals surface area contributed by atoms with Crippen LogP contribution in [0.15, 0.2) is 60.7 Å². The number of hydrogen-bond donors (Lipinski definition) is 0. The standard InChI is InChI=1S/C21H25NO3/c1-15-19-20(25-21(2,3)24-19)18(17-12-8-5-9-13-17)22(15,23)14-16-10-6-4-7-11-16/h4-13,15,18-20H,14H2,1-3H3/t15-,18-,19-,20+,22-/m1/s1. The highest BCUT2D eigenvalue weighted by molar-refractivity contribution is 5.23. The summed E-state index contributed by atoms with van der Waals surface area (Å²) in [5, 5.41) is 14.1. The van der Waals surface area contributed by atoms with Crippen LogP contribution in [0.3, 0.4) is 0 Å². The first-order valence-corrected chi connectivity index (χ1v) is 8.94. The summed E-state index contributed by atoms with van der Waals surface area (Å²) in [6, 6.07) is 19.5. The minimum atomic E-state index is -0.644. The SMILES string of the molecule is C[C@@H]1[C@H]2OC(C)(C)O[C@H]2[C@@H](c2ccccc2)[N@@+]1([O-])Cc1ccccc1. The van der Waals surface area contributed by atoms with Gasteiger partial charge in [0.2, 0.25) is 0 Å². The highest BCUT2D eigenvalue weighted by Crippen LogP contribution is 2.51. The van der Waals surface area contributed by atoms with Gasteiger partial charge in [0.25, 0.3) is 0 Å². The lowest BCUT2D eigenvalue weighted by atomic mass is 10.0. The summed E-state index contributed by atoms with van der Waals surface area (Å²) in [4.78, 5) is 0. The quantitative estimate of drug-likeness (QED) is 0.623. The van der Waals surface area contributed by atoms with Crippen LogP contribution in [-0.4, -0.2) is 28.7 Å². The zero-order chi connectivity index (χ0) is 17.7. The molecule has 0 amide bonds. The Morgan fingerprint density at radius 1 is 0.920 bits per heavy atom. The van der Waals surface area contributed by atoms with Crippen LogP contribution in [0.25, 0.3) is 0 Å². The Labute approximate surface area is 149 Å². The van der Waals surface area contributed by atoms with Crippen LogP contribution < -0.4 is 0 Å². The first kappa shape index (κ1) is 16.7. The van der Waals surface area contributed by atoms with Gasteiger partial charge in [0.15, 0.2) is 5.79 Å². The zero-order valence-corrected chi connectivity index (χ0v) is 15.0. The molecule has 0 radical (unpaired) electrons. The number of quaternary nitrogens is 1. The van der Waals surface area contributed by atoms with Gasteiger partial charge < -0.3 is 19.3 Å². The van der Waals surface area contributed by atoms with Crippen LogP contribution in [-0.2, 0) is 16.0 Å². The summed E-state index contributed by atoms with van der Waals surface area (Å²) in [7, 11) is 0. The maximum atomic E-state index is 14.1. The van der Waals surface area contributed by atoms with E-state index in [-0.39, 0.29) is 28.9 Å². The van der Waals surface area contributed by atoms with Gasteiger partial charge >= 0.3 is 0 Å². The molecule has 0 N–H and O–H groups in total. The largest absolute Gasteiger partial charge is 0.632 e. The third-order valence-corrected chi connectivity index (χ3v) is 5.52. The predicted molar refractivity (Wildman–Crippen MR) is 96.2 cm³/mol. The Hall–Kier alpha value is -1.72. The van der Waals surface area contributed by atoms with Crippen molar-refractivity contribution in [1.82, 2.24) is 0 Å². The fraction of sp³-hybridized carbons (Fsp3) is 0.429. The Bertz CT molecular complexity index is 733. The summed E-state index contributed by atoms with van der Waals surface area (Å²) in [5.74, 6) is -0.644. The second-order valence-corrected chi connectivity index (χ2v) is 7.66.